The number of furan rings is 1. The predicted octanol–water partition coefficient (Wildman–Crippen LogP) is 3.16. The Balaban J connectivity index is 1.57. The molecule has 0 bridgehead atoms. The van der Waals surface area contributed by atoms with Crippen LogP contribution in [0.5, 0.6) is 0 Å². The van der Waals surface area contributed by atoms with Crippen LogP contribution in [-0.4, -0.2) is 39.5 Å². The van der Waals surface area contributed by atoms with Crippen molar-refractivity contribution in [1.29, 1.82) is 0 Å². The van der Waals surface area contributed by atoms with Gasteiger partial charge in [0.1, 0.15) is 0 Å². The van der Waals surface area contributed by atoms with Crippen molar-refractivity contribution >= 4 is 5.91 Å². The summed E-state index contributed by atoms with van der Waals surface area (Å²) in [7, 11) is 0. The molecule has 0 radical (unpaired) electrons. The van der Waals surface area contributed by atoms with Crippen LogP contribution in [0.3, 0.4) is 0 Å². The molecule has 1 N–H and O–H groups in total. The Labute approximate surface area is 155 Å². The van der Waals surface area contributed by atoms with E-state index in [1.165, 1.54) is 12.0 Å². The molecule has 1 saturated heterocycles. The quantitative estimate of drug-likeness (QED) is 0.826. The van der Waals surface area contributed by atoms with Crippen LogP contribution >= 0.6 is 0 Å². The molecule has 0 unspecified atom stereocenters. The molecule has 0 spiro atoms. The van der Waals surface area contributed by atoms with Gasteiger partial charge in [-0.1, -0.05) is 27.2 Å². The molecule has 0 aliphatic carbocycles. The van der Waals surface area contributed by atoms with E-state index in [9.17, 15) is 4.79 Å². The van der Waals surface area contributed by atoms with E-state index in [1.54, 1.807) is 12.1 Å². The minimum Gasteiger partial charge on any atom is -0.459 e. The third-order valence-electron chi connectivity index (χ3n) is 5.15. The average Bonchev–Trinajstić information content (AvgIpc) is 3.28. The molecule has 3 heterocycles. The van der Waals surface area contributed by atoms with Crippen LogP contribution in [0.2, 0.25) is 0 Å². The maximum Gasteiger partial charge on any atom is 0.287 e. The zero-order valence-corrected chi connectivity index (χ0v) is 16.0. The minimum absolute atomic E-state index is 0.109. The second-order valence-electron chi connectivity index (χ2n) is 7.68. The Bertz CT molecular complexity index is 692. The van der Waals surface area contributed by atoms with Crippen molar-refractivity contribution in [2.45, 2.75) is 52.7 Å². The van der Waals surface area contributed by atoms with Crippen LogP contribution in [0.4, 0.5) is 0 Å². The van der Waals surface area contributed by atoms with Crippen molar-refractivity contribution in [3.8, 4) is 0 Å². The van der Waals surface area contributed by atoms with Gasteiger partial charge in [-0.25, -0.2) is 4.98 Å². The van der Waals surface area contributed by atoms with E-state index in [4.69, 9.17) is 4.42 Å². The zero-order chi connectivity index (χ0) is 18.5. The number of aromatic nitrogens is 2. The molecule has 6 nitrogen and oxygen atoms in total. The van der Waals surface area contributed by atoms with Crippen molar-refractivity contribution < 1.29 is 9.21 Å². The molecule has 0 aromatic carbocycles. The highest BCUT2D eigenvalue weighted by molar-refractivity contribution is 5.91. The van der Waals surface area contributed by atoms with Gasteiger partial charge in [-0.3, -0.25) is 9.69 Å². The smallest absolute Gasteiger partial charge is 0.287 e. The Morgan fingerprint density at radius 1 is 1.46 bits per heavy atom. The van der Waals surface area contributed by atoms with Gasteiger partial charge in [0.2, 0.25) is 0 Å². The number of hydrogen-bond donors (Lipinski definition) is 1. The maximum atomic E-state index is 12.3. The first kappa shape index (κ1) is 18.7. The normalized spacial score (nSPS) is 21.2. The molecule has 1 aliphatic heterocycles. The van der Waals surface area contributed by atoms with E-state index in [0.29, 0.717) is 17.6 Å². The van der Waals surface area contributed by atoms with Crippen molar-refractivity contribution in [3.05, 3.63) is 42.4 Å². The van der Waals surface area contributed by atoms with Crippen LogP contribution in [0, 0.1) is 11.8 Å². The summed E-state index contributed by atoms with van der Waals surface area (Å²) in [5, 5.41) is 3.16. The number of carbonyl (C=O) groups excluding carboxylic acids is 1. The lowest BCUT2D eigenvalue weighted by Gasteiger charge is -2.38. The fourth-order valence-electron chi connectivity index (χ4n) is 3.77. The highest BCUT2D eigenvalue weighted by Gasteiger charge is 2.30. The summed E-state index contributed by atoms with van der Waals surface area (Å²) in [4.78, 5) is 19.1. The molecule has 1 aliphatic rings. The van der Waals surface area contributed by atoms with Crippen molar-refractivity contribution in [1.82, 2.24) is 19.8 Å². The SMILES string of the molecule is CC[C@@H]1CN(Cc2cncn2CC(C)C)CC[C@@H]1NC(=O)c1ccco1. The van der Waals surface area contributed by atoms with Gasteiger partial charge in [0.05, 0.1) is 18.3 Å². The molecule has 6 heteroatoms. The molecular formula is C20H30N4O2. The first-order chi connectivity index (χ1) is 12.6. The van der Waals surface area contributed by atoms with Gasteiger partial charge >= 0.3 is 0 Å². The molecule has 142 valence electrons. The van der Waals surface area contributed by atoms with E-state index >= 15 is 0 Å². The largest absolute Gasteiger partial charge is 0.459 e. The van der Waals surface area contributed by atoms with Crippen LogP contribution in [-0.2, 0) is 13.1 Å². The lowest BCUT2D eigenvalue weighted by Crippen LogP contribution is -2.50. The zero-order valence-electron chi connectivity index (χ0n) is 16.0. The summed E-state index contributed by atoms with van der Waals surface area (Å²) < 4.78 is 7.47. The number of piperidine rings is 1. The lowest BCUT2D eigenvalue weighted by atomic mass is 9.89. The van der Waals surface area contributed by atoms with Gasteiger partial charge in [0.25, 0.3) is 5.91 Å². The number of rotatable bonds is 7. The summed E-state index contributed by atoms with van der Waals surface area (Å²) in [6.45, 7) is 10.5. The van der Waals surface area contributed by atoms with E-state index in [0.717, 1.165) is 39.0 Å². The number of nitrogens with one attached hydrogen (secondary N) is 1. The Kier molecular flexibility index (Phi) is 6.14. The van der Waals surface area contributed by atoms with Gasteiger partial charge < -0.3 is 14.3 Å². The van der Waals surface area contributed by atoms with Crippen LogP contribution in [0.1, 0.15) is 49.9 Å². The molecule has 2 aromatic heterocycles. The summed E-state index contributed by atoms with van der Waals surface area (Å²) >= 11 is 0. The van der Waals surface area contributed by atoms with E-state index in [-0.39, 0.29) is 11.9 Å². The van der Waals surface area contributed by atoms with E-state index in [2.05, 4.69) is 40.5 Å². The number of hydrogen-bond acceptors (Lipinski definition) is 4. The highest BCUT2D eigenvalue weighted by atomic mass is 16.3. The molecule has 0 saturated carbocycles. The summed E-state index contributed by atoms with van der Waals surface area (Å²) in [6.07, 6.45) is 7.46. The maximum absolute atomic E-state index is 12.3. The molecule has 2 aromatic rings. The van der Waals surface area contributed by atoms with Gasteiger partial charge in [-0.05, 0) is 30.4 Å². The van der Waals surface area contributed by atoms with Gasteiger partial charge in [-0.15, -0.1) is 0 Å². The molecule has 1 fully saturated rings. The number of nitrogens with zero attached hydrogens (tertiary/aromatic N) is 3. The number of carbonyl (C=O) groups is 1. The van der Waals surface area contributed by atoms with Crippen LogP contribution in [0.15, 0.2) is 35.3 Å². The average molecular weight is 358 g/mol. The fraction of sp³-hybridized carbons (Fsp3) is 0.600. The van der Waals surface area contributed by atoms with Crippen molar-refractivity contribution in [2.75, 3.05) is 13.1 Å². The van der Waals surface area contributed by atoms with E-state index in [1.807, 2.05) is 12.5 Å². The minimum atomic E-state index is -0.109. The third kappa shape index (κ3) is 4.55. The predicted molar refractivity (Wildman–Crippen MR) is 101 cm³/mol. The number of amides is 1. The lowest BCUT2D eigenvalue weighted by molar-refractivity contribution is 0.0811. The Morgan fingerprint density at radius 2 is 2.31 bits per heavy atom. The topological polar surface area (TPSA) is 63.3 Å². The van der Waals surface area contributed by atoms with Gasteiger partial charge in [-0.2, -0.15) is 0 Å². The van der Waals surface area contributed by atoms with Crippen LogP contribution < -0.4 is 5.32 Å². The Hall–Kier alpha value is -2.08. The third-order valence-corrected chi connectivity index (χ3v) is 5.15. The first-order valence-corrected chi connectivity index (χ1v) is 9.62. The monoisotopic (exact) mass is 358 g/mol. The summed E-state index contributed by atoms with van der Waals surface area (Å²) in [5.41, 5.74) is 1.27. The van der Waals surface area contributed by atoms with Crippen LogP contribution in [0.25, 0.3) is 0 Å². The molecule has 26 heavy (non-hydrogen) atoms. The fourth-order valence-corrected chi connectivity index (χ4v) is 3.77. The highest BCUT2D eigenvalue weighted by Crippen LogP contribution is 2.22. The van der Waals surface area contributed by atoms with Crippen molar-refractivity contribution in [2.24, 2.45) is 11.8 Å². The molecule has 2 atom stereocenters. The number of likely N-dealkylation sites (tertiary alicyclic amines) is 1. The standard InChI is InChI=1S/C20H30N4O2/c1-4-16-12-23(13-17-10-21-14-24(17)11-15(2)3)8-7-18(16)22-20(25)19-6-5-9-26-19/h5-6,9-10,14-16,18H,4,7-8,11-13H2,1-3H3,(H,22,25)/t16-,18+/m1/s1. The number of imidazole rings is 1. The van der Waals surface area contributed by atoms with E-state index < -0.39 is 0 Å². The molecule has 1 amide bonds. The summed E-state index contributed by atoms with van der Waals surface area (Å²) in [5.74, 6) is 1.33. The van der Waals surface area contributed by atoms with Gasteiger partial charge in [0.15, 0.2) is 5.76 Å². The van der Waals surface area contributed by atoms with Crippen molar-refractivity contribution in [3.63, 3.8) is 0 Å². The molecule has 3 rings (SSSR count). The second kappa shape index (κ2) is 8.54. The first-order valence-electron chi connectivity index (χ1n) is 9.62. The summed E-state index contributed by atoms with van der Waals surface area (Å²) in [6, 6.07) is 3.66. The molecular weight excluding hydrogens is 328 g/mol. The van der Waals surface area contributed by atoms with Gasteiger partial charge in [0, 0.05) is 38.4 Å². The Morgan fingerprint density at radius 3 is 3.00 bits per heavy atom. The second-order valence-corrected chi connectivity index (χ2v) is 7.68.